The molecule has 3 nitrogen and oxygen atoms in total. The van der Waals surface area contributed by atoms with Crippen molar-refractivity contribution in [2.75, 3.05) is 11.4 Å². The molecule has 0 spiro atoms. The standard InChI is InChI=1S/C17H21N3/c1-12(18)15-9-10-17(19-13(15)2)20-11-5-7-14-6-3-4-8-16(14)20/h3-4,6,8-10,12H,5,7,11,18H2,1-2H3/t12-/m0/s1. The van der Waals surface area contributed by atoms with E-state index in [-0.39, 0.29) is 6.04 Å². The minimum atomic E-state index is 0.0326. The summed E-state index contributed by atoms with van der Waals surface area (Å²) in [7, 11) is 0. The van der Waals surface area contributed by atoms with Crippen LogP contribution >= 0.6 is 0 Å². The second-order valence-corrected chi connectivity index (χ2v) is 5.52. The Morgan fingerprint density at radius 2 is 2.00 bits per heavy atom. The third-order valence-corrected chi connectivity index (χ3v) is 3.99. The van der Waals surface area contributed by atoms with Crippen LogP contribution in [0.3, 0.4) is 0 Å². The Morgan fingerprint density at radius 3 is 2.75 bits per heavy atom. The minimum absolute atomic E-state index is 0.0326. The fourth-order valence-corrected chi connectivity index (χ4v) is 2.96. The average molecular weight is 267 g/mol. The van der Waals surface area contributed by atoms with Gasteiger partial charge in [-0.3, -0.25) is 0 Å². The maximum Gasteiger partial charge on any atom is 0.133 e. The summed E-state index contributed by atoms with van der Waals surface area (Å²) in [6.07, 6.45) is 2.33. The molecular weight excluding hydrogens is 246 g/mol. The zero-order valence-corrected chi connectivity index (χ0v) is 12.1. The SMILES string of the molecule is Cc1nc(N2CCCc3ccccc32)ccc1[C@H](C)N. The summed E-state index contributed by atoms with van der Waals surface area (Å²) >= 11 is 0. The molecule has 1 aromatic heterocycles. The van der Waals surface area contributed by atoms with Gasteiger partial charge in [0.1, 0.15) is 5.82 Å². The van der Waals surface area contributed by atoms with Crippen LogP contribution in [0.25, 0.3) is 0 Å². The fourth-order valence-electron chi connectivity index (χ4n) is 2.96. The van der Waals surface area contributed by atoms with Crippen LogP contribution in [0.1, 0.15) is 36.2 Å². The first-order chi connectivity index (χ1) is 9.66. The molecule has 1 aliphatic rings. The fraction of sp³-hybridized carbons (Fsp3) is 0.353. The molecular formula is C17H21N3. The molecule has 1 aromatic carbocycles. The van der Waals surface area contributed by atoms with Crippen molar-refractivity contribution in [1.29, 1.82) is 0 Å². The molecule has 0 fully saturated rings. The molecule has 0 radical (unpaired) electrons. The summed E-state index contributed by atoms with van der Waals surface area (Å²) in [4.78, 5) is 7.08. The van der Waals surface area contributed by atoms with Gasteiger partial charge in [0.2, 0.25) is 0 Å². The highest BCUT2D eigenvalue weighted by Gasteiger charge is 2.19. The first kappa shape index (κ1) is 13.1. The Kier molecular flexibility index (Phi) is 3.45. The number of para-hydroxylation sites is 1. The minimum Gasteiger partial charge on any atom is -0.326 e. The summed E-state index contributed by atoms with van der Waals surface area (Å²) in [5.41, 5.74) is 10.8. The molecule has 2 heterocycles. The van der Waals surface area contributed by atoms with Gasteiger partial charge < -0.3 is 10.6 Å². The van der Waals surface area contributed by atoms with Crippen LogP contribution < -0.4 is 10.6 Å². The summed E-state index contributed by atoms with van der Waals surface area (Å²) in [6, 6.07) is 12.8. The summed E-state index contributed by atoms with van der Waals surface area (Å²) in [5, 5.41) is 0. The highest BCUT2D eigenvalue weighted by Crippen LogP contribution is 2.32. The number of benzene rings is 1. The highest BCUT2D eigenvalue weighted by atomic mass is 15.2. The van der Waals surface area contributed by atoms with Gasteiger partial charge in [-0.15, -0.1) is 0 Å². The molecule has 2 aromatic rings. The lowest BCUT2D eigenvalue weighted by molar-refractivity contribution is 0.753. The number of nitrogens with two attached hydrogens (primary N) is 1. The summed E-state index contributed by atoms with van der Waals surface area (Å²) < 4.78 is 0. The van der Waals surface area contributed by atoms with Crippen LogP contribution in [0, 0.1) is 6.92 Å². The molecule has 2 N–H and O–H groups in total. The van der Waals surface area contributed by atoms with Crippen LogP contribution in [0.4, 0.5) is 11.5 Å². The van der Waals surface area contributed by atoms with E-state index in [2.05, 4.69) is 41.3 Å². The van der Waals surface area contributed by atoms with Gasteiger partial charge in [-0.25, -0.2) is 4.98 Å². The van der Waals surface area contributed by atoms with Gasteiger partial charge >= 0.3 is 0 Å². The van der Waals surface area contributed by atoms with E-state index in [1.54, 1.807) is 0 Å². The van der Waals surface area contributed by atoms with E-state index in [1.165, 1.54) is 17.7 Å². The van der Waals surface area contributed by atoms with Crippen LogP contribution in [0.5, 0.6) is 0 Å². The van der Waals surface area contributed by atoms with Crippen molar-refractivity contribution in [3.63, 3.8) is 0 Å². The van der Waals surface area contributed by atoms with Gasteiger partial charge in [0.05, 0.1) is 0 Å². The van der Waals surface area contributed by atoms with Crippen molar-refractivity contribution < 1.29 is 0 Å². The Bertz CT molecular complexity index is 619. The number of pyridine rings is 1. The van der Waals surface area contributed by atoms with Crippen LogP contribution in [-0.2, 0) is 6.42 Å². The summed E-state index contributed by atoms with van der Waals surface area (Å²) in [5.74, 6) is 1.03. The Morgan fingerprint density at radius 1 is 1.20 bits per heavy atom. The van der Waals surface area contributed by atoms with Crippen molar-refractivity contribution in [3.05, 3.63) is 53.2 Å². The molecule has 0 saturated heterocycles. The van der Waals surface area contributed by atoms with E-state index in [0.717, 1.165) is 30.0 Å². The highest BCUT2D eigenvalue weighted by molar-refractivity contribution is 5.65. The van der Waals surface area contributed by atoms with E-state index in [0.29, 0.717) is 0 Å². The number of aryl methyl sites for hydroxylation is 2. The zero-order chi connectivity index (χ0) is 14.1. The number of anilines is 2. The Balaban J connectivity index is 2.00. The zero-order valence-electron chi connectivity index (χ0n) is 12.1. The predicted octanol–water partition coefficient (Wildman–Crippen LogP) is 3.49. The van der Waals surface area contributed by atoms with Crippen molar-refractivity contribution >= 4 is 11.5 Å². The van der Waals surface area contributed by atoms with Crippen molar-refractivity contribution in [2.24, 2.45) is 5.73 Å². The topological polar surface area (TPSA) is 42.2 Å². The largest absolute Gasteiger partial charge is 0.326 e. The summed E-state index contributed by atoms with van der Waals surface area (Å²) in [6.45, 7) is 5.07. The Labute approximate surface area is 120 Å². The first-order valence-electron chi connectivity index (χ1n) is 7.25. The average Bonchev–Trinajstić information content (AvgIpc) is 2.46. The molecule has 1 atom stereocenters. The molecule has 0 aliphatic carbocycles. The molecule has 3 heteroatoms. The van der Waals surface area contributed by atoms with Gasteiger partial charge in [-0.05, 0) is 49.9 Å². The van der Waals surface area contributed by atoms with E-state index >= 15 is 0 Å². The van der Waals surface area contributed by atoms with Crippen LogP contribution in [0.2, 0.25) is 0 Å². The number of hydrogen-bond acceptors (Lipinski definition) is 3. The molecule has 0 bridgehead atoms. The van der Waals surface area contributed by atoms with Gasteiger partial charge in [-0.1, -0.05) is 24.3 Å². The van der Waals surface area contributed by atoms with Gasteiger partial charge in [0, 0.05) is 24.0 Å². The van der Waals surface area contributed by atoms with E-state index < -0.39 is 0 Å². The third-order valence-electron chi connectivity index (χ3n) is 3.99. The van der Waals surface area contributed by atoms with Crippen molar-refractivity contribution in [3.8, 4) is 0 Å². The van der Waals surface area contributed by atoms with E-state index in [9.17, 15) is 0 Å². The third kappa shape index (κ3) is 2.29. The van der Waals surface area contributed by atoms with Gasteiger partial charge in [0.25, 0.3) is 0 Å². The lowest BCUT2D eigenvalue weighted by Gasteiger charge is -2.30. The molecule has 20 heavy (non-hydrogen) atoms. The number of rotatable bonds is 2. The number of hydrogen-bond donors (Lipinski definition) is 1. The van der Waals surface area contributed by atoms with Gasteiger partial charge in [-0.2, -0.15) is 0 Å². The van der Waals surface area contributed by atoms with Crippen LogP contribution in [0.15, 0.2) is 36.4 Å². The van der Waals surface area contributed by atoms with Crippen LogP contribution in [-0.4, -0.2) is 11.5 Å². The molecule has 0 saturated carbocycles. The molecule has 3 rings (SSSR count). The first-order valence-corrected chi connectivity index (χ1v) is 7.25. The lowest BCUT2D eigenvalue weighted by Crippen LogP contribution is -2.25. The van der Waals surface area contributed by atoms with E-state index in [4.69, 9.17) is 10.7 Å². The monoisotopic (exact) mass is 267 g/mol. The molecule has 0 unspecified atom stereocenters. The number of aromatic nitrogens is 1. The van der Waals surface area contributed by atoms with Gasteiger partial charge in [0.15, 0.2) is 0 Å². The second kappa shape index (κ2) is 5.25. The van der Waals surface area contributed by atoms with E-state index in [1.807, 2.05) is 13.8 Å². The lowest BCUT2D eigenvalue weighted by atomic mass is 10.0. The smallest absolute Gasteiger partial charge is 0.133 e. The Hall–Kier alpha value is -1.87. The van der Waals surface area contributed by atoms with Crippen molar-refractivity contribution in [1.82, 2.24) is 4.98 Å². The molecule has 1 aliphatic heterocycles. The molecule has 104 valence electrons. The maximum atomic E-state index is 5.97. The quantitative estimate of drug-likeness (QED) is 0.905. The second-order valence-electron chi connectivity index (χ2n) is 5.52. The number of nitrogens with zero attached hydrogens (tertiary/aromatic N) is 2. The van der Waals surface area contributed by atoms with Crippen molar-refractivity contribution in [2.45, 2.75) is 32.7 Å². The predicted molar refractivity (Wildman–Crippen MR) is 83.3 cm³/mol. The maximum absolute atomic E-state index is 5.97. The normalized spacial score (nSPS) is 15.8. The molecule has 0 amide bonds. The number of fused-ring (bicyclic) bond motifs is 1.